The van der Waals surface area contributed by atoms with Gasteiger partial charge in [0, 0.05) is 38.6 Å². The number of aliphatic carboxylic acids is 1. The molecule has 0 atom stereocenters. The van der Waals surface area contributed by atoms with Crippen LogP contribution in [0.2, 0.25) is 0 Å². The van der Waals surface area contributed by atoms with Crippen LogP contribution in [0.15, 0.2) is 24.7 Å². The van der Waals surface area contributed by atoms with Gasteiger partial charge in [0.1, 0.15) is 5.69 Å². The van der Waals surface area contributed by atoms with Crippen LogP contribution in [0.25, 0.3) is 0 Å². The van der Waals surface area contributed by atoms with Crippen molar-refractivity contribution in [2.45, 2.75) is 19.5 Å². The molecule has 0 saturated carbocycles. The SMILES string of the molecule is CN(Cc1cnn(C)c1)C(=O)c1ccn(CCC(=O)O)n1. The van der Waals surface area contributed by atoms with Crippen molar-refractivity contribution in [1.82, 2.24) is 24.5 Å². The highest BCUT2D eigenvalue weighted by atomic mass is 16.4. The number of rotatable bonds is 6. The minimum absolute atomic E-state index is 0.0269. The molecule has 0 aliphatic rings. The Bertz CT molecular complexity index is 646. The Morgan fingerprint density at radius 3 is 2.81 bits per heavy atom. The minimum atomic E-state index is -0.896. The van der Waals surface area contributed by atoms with Crippen molar-refractivity contribution in [3.8, 4) is 0 Å². The number of carbonyl (C=O) groups excluding carboxylic acids is 1. The predicted octanol–water partition coefficient (Wildman–Crippen LogP) is 0.364. The van der Waals surface area contributed by atoms with Crippen LogP contribution in [-0.2, 0) is 24.9 Å². The molecular formula is C13H17N5O3. The highest BCUT2D eigenvalue weighted by Gasteiger charge is 2.15. The molecule has 2 aromatic heterocycles. The van der Waals surface area contributed by atoms with Gasteiger partial charge in [0.05, 0.1) is 19.2 Å². The summed E-state index contributed by atoms with van der Waals surface area (Å²) in [5, 5.41) is 16.8. The first-order valence-electron chi connectivity index (χ1n) is 6.44. The fourth-order valence-electron chi connectivity index (χ4n) is 1.91. The molecule has 0 aliphatic heterocycles. The molecular weight excluding hydrogens is 274 g/mol. The van der Waals surface area contributed by atoms with E-state index < -0.39 is 5.97 Å². The van der Waals surface area contributed by atoms with Crippen molar-refractivity contribution in [2.75, 3.05) is 7.05 Å². The predicted molar refractivity (Wildman–Crippen MR) is 73.5 cm³/mol. The summed E-state index contributed by atoms with van der Waals surface area (Å²) in [6.45, 7) is 0.684. The standard InChI is InChI=1S/C13H17N5O3/c1-16(8-10-7-14-17(2)9-10)13(21)11-3-5-18(15-11)6-4-12(19)20/h3,5,7,9H,4,6,8H2,1-2H3,(H,19,20). The first-order valence-corrected chi connectivity index (χ1v) is 6.44. The van der Waals surface area contributed by atoms with E-state index in [2.05, 4.69) is 10.2 Å². The monoisotopic (exact) mass is 291 g/mol. The van der Waals surface area contributed by atoms with Gasteiger partial charge in [0.25, 0.3) is 5.91 Å². The van der Waals surface area contributed by atoms with Crippen molar-refractivity contribution in [3.05, 3.63) is 35.9 Å². The highest BCUT2D eigenvalue weighted by molar-refractivity contribution is 5.91. The number of hydrogen-bond donors (Lipinski definition) is 1. The average Bonchev–Trinajstić information content (AvgIpc) is 3.04. The van der Waals surface area contributed by atoms with E-state index in [1.54, 1.807) is 35.1 Å². The molecule has 2 heterocycles. The van der Waals surface area contributed by atoms with Crippen molar-refractivity contribution < 1.29 is 14.7 Å². The number of aromatic nitrogens is 4. The Balaban J connectivity index is 1.97. The normalized spacial score (nSPS) is 10.6. The van der Waals surface area contributed by atoms with E-state index in [4.69, 9.17) is 5.11 Å². The maximum atomic E-state index is 12.2. The summed E-state index contributed by atoms with van der Waals surface area (Å²) in [5.41, 5.74) is 1.23. The van der Waals surface area contributed by atoms with Gasteiger partial charge in [-0.2, -0.15) is 10.2 Å². The highest BCUT2D eigenvalue weighted by Crippen LogP contribution is 2.06. The number of carboxylic acids is 1. The number of nitrogens with zero attached hydrogens (tertiary/aromatic N) is 5. The van der Waals surface area contributed by atoms with Crippen molar-refractivity contribution >= 4 is 11.9 Å². The van der Waals surface area contributed by atoms with Gasteiger partial charge in [-0.1, -0.05) is 0 Å². The van der Waals surface area contributed by atoms with Gasteiger partial charge in [-0.15, -0.1) is 0 Å². The van der Waals surface area contributed by atoms with E-state index >= 15 is 0 Å². The topological polar surface area (TPSA) is 93.2 Å². The van der Waals surface area contributed by atoms with Crippen LogP contribution in [0.3, 0.4) is 0 Å². The Morgan fingerprint density at radius 1 is 1.43 bits per heavy atom. The van der Waals surface area contributed by atoms with E-state index in [1.165, 1.54) is 4.68 Å². The van der Waals surface area contributed by atoms with Gasteiger partial charge in [-0.25, -0.2) is 0 Å². The van der Waals surface area contributed by atoms with Gasteiger partial charge in [0.15, 0.2) is 0 Å². The van der Waals surface area contributed by atoms with Crippen molar-refractivity contribution in [1.29, 1.82) is 0 Å². The lowest BCUT2D eigenvalue weighted by Gasteiger charge is -2.14. The molecule has 2 rings (SSSR count). The molecule has 0 aliphatic carbocycles. The third-order valence-electron chi connectivity index (χ3n) is 2.94. The zero-order valence-corrected chi connectivity index (χ0v) is 11.9. The number of amides is 1. The average molecular weight is 291 g/mol. The molecule has 112 valence electrons. The number of hydrogen-bond acceptors (Lipinski definition) is 4. The van der Waals surface area contributed by atoms with E-state index in [-0.39, 0.29) is 18.9 Å². The van der Waals surface area contributed by atoms with Gasteiger partial charge < -0.3 is 10.0 Å². The van der Waals surface area contributed by atoms with Crippen LogP contribution in [0.4, 0.5) is 0 Å². The minimum Gasteiger partial charge on any atom is -0.481 e. The largest absolute Gasteiger partial charge is 0.481 e. The quantitative estimate of drug-likeness (QED) is 0.829. The van der Waals surface area contributed by atoms with Crippen LogP contribution < -0.4 is 0 Å². The molecule has 1 amide bonds. The lowest BCUT2D eigenvalue weighted by molar-refractivity contribution is -0.137. The second-order valence-corrected chi connectivity index (χ2v) is 4.79. The number of carbonyl (C=O) groups is 2. The summed E-state index contributed by atoms with van der Waals surface area (Å²) in [6, 6.07) is 1.59. The molecule has 0 spiro atoms. The summed E-state index contributed by atoms with van der Waals surface area (Å²) in [5.74, 6) is -1.11. The van der Waals surface area contributed by atoms with Crippen LogP contribution >= 0.6 is 0 Å². The lowest BCUT2D eigenvalue weighted by Crippen LogP contribution is -2.26. The molecule has 2 aromatic rings. The Kier molecular flexibility index (Phi) is 4.36. The maximum absolute atomic E-state index is 12.2. The summed E-state index contributed by atoms with van der Waals surface area (Å²) in [6.07, 6.45) is 5.12. The molecule has 8 heteroatoms. The van der Waals surface area contributed by atoms with E-state index in [0.29, 0.717) is 12.2 Å². The Hall–Kier alpha value is -2.64. The van der Waals surface area contributed by atoms with E-state index in [1.807, 2.05) is 13.2 Å². The Morgan fingerprint density at radius 2 is 2.19 bits per heavy atom. The summed E-state index contributed by atoms with van der Waals surface area (Å²) in [4.78, 5) is 24.3. The number of aryl methyl sites for hydroxylation is 2. The summed E-state index contributed by atoms with van der Waals surface area (Å²) in [7, 11) is 3.50. The van der Waals surface area contributed by atoms with Crippen LogP contribution in [-0.4, -0.2) is 48.5 Å². The molecule has 0 fully saturated rings. The Labute approximate surface area is 121 Å². The summed E-state index contributed by atoms with van der Waals surface area (Å²) < 4.78 is 3.13. The molecule has 21 heavy (non-hydrogen) atoms. The van der Waals surface area contributed by atoms with Crippen molar-refractivity contribution in [3.63, 3.8) is 0 Å². The smallest absolute Gasteiger partial charge is 0.305 e. The second kappa shape index (κ2) is 6.21. The molecule has 0 radical (unpaired) electrons. The van der Waals surface area contributed by atoms with Gasteiger partial charge >= 0.3 is 5.97 Å². The van der Waals surface area contributed by atoms with Gasteiger partial charge in [0.2, 0.25) is 0 Å². The van der Waals surface area contributed by atoms with E-state index in [9.17, 15) is 9.59 Å². The molecule has 0 unspecified atom stereocenters. The molecule has 8 nitrogen and oxygen atoms in total. The lowest BCUT2D eigenvalue weighted by atomic mass is 10.3. The van der Waals surface area contributed by atoms with Gasteiger partial charge in [-0.3, -0.25) is 19.0 Å². The first-order chi connectivity index (χ1) is 9.95. The maximum Gasteiger partial charge on any atom is 0.305 e. The van der Waals surface area contributed by atoms with Crippen LogP contribution in [0, 0.1) is 0 Å². The van der Waals surface area contributed by atoms with Crippen LogP contribution in [0.1, 0.15) is 22.5 Å². The fraction of sp³-hybridized carbons (Fsp3) is 0.385. The number of carboxylic acid groups (broad SMARTS) is 1. The zero-order chi connectivity index (χ0) is 15.4. The summed E-state index contributed by atoms with van der Waals surface area (Å²) >= 11 is 0. The van der Waals surface area contributed by atoms with E-state index in [0.717, 1.165) is 5.56 Å². The van der Waals surface area contributed by atoms with Crippen LogP contribution in [0.5, 0.6) is 0 Å². The molecule has 1 N–H and O–H groups in total. The third-order valence-corrected chi connectivity index (χ3v) is 2.94. The molecule has 0 saturated heterocycles. The zero-order valence-electron chi connectivity index (χ0n) is 11.9. The molecule has 0 aromatic carbocycles. The van der Waals surface area contributed by atoms with Gasteiger partial charge in [-0.05, 0) is 6.07 Å². The molecule has 0 bridgehead atoms. The second-order valence-electron chi connectivity index (χ2n) is 4.79. The van der Waals surface area contributed by atoms with Crippen molar-refractivity contribution in [2.24, 2.45) is 7.05 Å². The third kappa shape index (κ3) is 3.91. The first kappa shape index (κ1) is 14.8. The fourth-order valence-corrected chi connectivity index (χ4v) is 1.91.